The molecule has 7 nitrogen and oxygen atoms in total. The van der Waals surface area contributed by atoms with Gasteiger partial charge < -0.3 is 20.7 Å². The number of nitrogens with zero attached hydrogens (tertiary/aromatic N) is 4. The van der Waals surface area contributed by atoms with Gasteiger partial charge in [0.05, 0.1) is 17.9 Å². The number of aromatic nitrogens is 2. The molecule has 1 aliphatic heterocycles. The highest BCUT2D eigenvalue weighted by atomic mass is 19.1. The fourth-order valence-electron chi connectivity index (χ4n) is 5.04. The topological polar surface area (TPSA) is 100 Å². The molecule has 1 saturated heterocycles. The Labute approximate surface area is 241 Å². The van der Waals surface area contributed by atoms with Gasteiger partial charge in [-0.05, 0) is 49.8 Å². The van der Waals surface area contributed by atoms with Gasteiger partial charge in [0, 0.05) is 57.4 Å². The number of benzene rings is 1. The van der Waals surface area contributed by atoms with Gasteiger partial charge in [-0.25, -0.2) is 14.4 Å². The maximum Gasteiger partial charge on any atom is 0.137 e. The zero-order valence-corrected chi connectivity index (χ0v) is 25.7. The molecule has 8 heteroatoms. The standard InChI is InChI=1S/C24H35N5O.C8H16FN/c1-6-9-13-29(4)24-20(16-30-5)22(27-23(8-3)28-24)14-18-17(10-7-2)11-12-21(26)19(18)15-25;1-7-4-2-3-5-8(9)6-10-7/h11-12H,6-10,13-14,16,26H2,1-5H3;7-8,10H,2-6H2,1H3. The second kappa shape index (κ2) is 17.8. The van der Waals surface area contributed by atoms with E-state index in [0.717, 1.165) is 85.5 Å². The van der Waals surface area contributed by atoms with E-state index in [1.807, 2.05) is 12.1 Å². The lowest BCUT2D eigenvalue weighted by molar-refractivity contribution is 0.183. The van der Waals surface area contributed by atoms with Crippen molar-refractivity contribution in [2.45, 2.75) is 111 Å². The third-order valence-corrected chi connectivity index (χ3v) is 7.44. The number of rotatable bonds is 11. The average Bonchev–Trinajstić information content (AvgIpc) is 2.94. The van der Waals surface area contributed by atoms with Gasteiger partial charge in [-0.1, -0.05) is 52.5 Å². The summed E-state index contributed by atoms with van der Waals surface area (Å²) in [7, 11) is 3.77. The van der Waals surface area contributed by atoms with Gasteiger partial charge in [0.25, 0.3) is 0 Å². The fraction of sp³-hybridized carbons (Fsp3) is 0.656. The zero-order valence-electron chi connectivity index (χ0n) is 25.7. The Morgan fingerprint density at radius 3 is 2.55 bits per heavy atom. The predicted octanol–water partition coefficient (Wildman–Crippen LogP) is 6.30. The summed E-state index contributed by atoms with van der Waals surface area (Å²) in [6.07, 6.45) is 9.00. The van der Waals surface area contributed by atoms with E-state index >= 15 is 0 Å². The van der Waals surface area contributed by atoms with E-state index in [-0.39, 0.29) is 0 Å². The first-order valence-electron chi connectivity index (χ1n) is 15.1. The van der Waals surface area contributed by atoms with E-state index in [9.17, 15) is 9.65 Å². The number of nitrogens with one attached hydrogen (secondary N) is 1. The number of methoxy groups -OCH3 is 1. The van der Waals surface area contributed by atoms with Crippen LogP contribution in [-0.4, -0.2) is 49.4 Å². The minimum Gasteiger partial charge on any atom is -0.398 e. The molecule has 1 aromatic heterocycles. The molecule has 2 unspecified atom stereocenters. The highest BCUT2D eigenvalue weighted by molar-refractivity contribution is 5.62. The zero-order chi connectivity index (χ0) is 29.5. The Bertz CT molecular complexity index is 1070. The lowest BCUT2D eigenvalue weighted by Crippen LogP contribution is -2.33. The molecule has 0 amide bonds. The first-order valence-corrected chi connectivity index (χ1v) is 15.1. The van der Waals surface area contributed by atoms with Gasteiger partial charge in [-0.3, -0.25) is 0 Å². The quantitative estimate of drug-likeness (QED) is 0.315. The SMILES string of the molecule is CC1CCCCC(F)CN1.CCCCN(C)c1nc(CC)nc(Cc2c(CCC)ccc(N)c2C#N)c1COC. The molecule has 3 N–H and O–H groups in total. The monoisotopic (exact) mass is 554 g/mol. The molecular weight excluding hydrogens is 503 g/mol. The molecule has 2 heterocycles. The van der Waals surface area contributed by atoms with E-state index in [1.54, 1.807) is 7.11 Å². The minimum absolute atomic E-state index is 0.429. The lowest BCUT2D eigenvalue weighted by atomic mass is 9.92. The van der Waals surface area contributed by atoms with Crippen molar-refractivity contribution in [3.05, 3.63) is 45.9 Å². The fourth-order valence-corrected chi connectivity index (χ4v) is 5.04. The van der Waals surface area contributed by atoms with Crippen LogP contribution in [0.25, 0.3) is 0 Å². The Kier molecular flexibility index (Phi) is 14.9. The molecule has 0 bridgehead atoms. The van der Waals surface area contributed by atoms with Crippen LogP contribution in [0.5, 0.6) is 0 Å². The van der Waals surface area contributed by atoms with E-state index < -0.39 is 6.17 Å². The summed E-state index contributed by atoms with van der Waals surface area (Å²) < 4.78 is 18.3. The van der Waals surface area contributed by atoms with Crippen LogP contribution in [0, 0.1) is 11.3 Å². The molecule has 40 heavy (non-hydrogen) atoms. The van der Waals surface area contributed by atoms with Crippen molar-refractivity contribution in [1.82, 2.24) is 15.3 Å². The Morgan fingerprint density at radius 1 is 1.15 bits per heavy atom. The molecule has 222 valence electrons. The first kappa shape index (κ1) is 33.4. The maximum atomic E-state index is 12.7. The number of halogens is 1. The van der Waals surface area contributed by atoms with Crippen LogP contribution in [0.3, 0.4) is 0 Å². The molecule has 0 aliphatic carbocycles. The number of nitrogen functional groups attached to an aromatic ring is 1. The number of nitrogens with two attached hydrogens (primary N) is 1. The first-order chi connectivity index (χ1) is 19.3. The van der Waals surface area contributed by atoms with Gasteiger partial charge in [-0.2, -0.15) is 5.26 Å². The number of hydrogen-bond acceptors (Lipinski definition) is 7. The predicted molar refractivity (Wildman–Crippen MR) is 164 cm³/mol. The molecule has 1 fully saturated rings. The van der Waals surface area contributed by atoms with E-state index in [4.69, 9.17) is 20.4 Å². The number of hydrogen-bond donors (Lipinski definition) is 2. The molecule has 0 saturated carbocycles. The summed E-state index contributed by atoms with van der Waals surface area (Å²) in [6.45, 7) is 10.4. The van der Waals surface area contributed by atoms with E-state index in [0.29, 0.717) is 36.9 Å². The van der Waals surface area contributed by atoms with Crippen LogP contribution < -0.4 is 16.0 Å². The van der Waals surface area contributed by atoms with Gasteiger partial charge in [0.1, 0.15) is 23.9 Å². The maximum absolute atomic E-state index is 12.7. The molecule has 2 aromatic rings. The number of ether oxygens (including phenoxy) is 1. The van der Waals surface area contributed by atoms with Crippen molar-refractivity contribution < 1.29 is 9.13 Å². The molecule has 1 aliphatic rings. The van der Waals surface area contributed by atoms with Gasteiger partial charge >= 0.3 is 0 Å². The molecule has 0 radical (unpaired) electrons. The third kappa shape index (κ3) is 10.0. The summed E-state index contributed by atoms with van der Waals surface area (Å²) in [5, 5.41) is 12.9. The van der Waals surface area contributed by atoms with Crippen molar-refractivity contribution >= 4 is 11.5 Å². The number of nitriles is 1. The van der Waals surface area contributed by atoms with Crippen LogP contribution >= 0.6 is 0 Å². The second-order valence-corrected chi connectivity index (χ2v) is 10.8. The molecule has 3 rings (SSSR count). The van der Waals surface area contributed by atoms with Gasteiger partial charge in [-0.15, -0.1) is 0 Å². The number of unbranched alkanes of at least 4 members (excludes halogenated alkanes) is 1. The Balaban J connectivity index is 0.000000469. The van der Waals surface area contributed by atoms with Crippen LogP contribution in [0.2, 0.25) is 0 Å². The highest BCUT2D eigenvalue weighted by Crippen LogP contribution is 2.29. The van der Waals surface area contributed by atoms with Crippen LogP contribution in [0.15, 0.2) is 12.1 Å². The molecular formula is C32H51FN6O. The number of alkyl halides is 1. The van der Waals surface area contributed by atoms with Gasteiger partial charge in [0.15, 0.2) is 0 Å². The number of aryl methyl sites for hydroxylation is 2. The third-order valence-electron chi connectivity index (χ3n) is 7.44. The summed E-state index contributed by atoms with van der Waals surface area (Å²) in [6, 6.07) is 6.71. The summed E-state index contributed by atoms with van der Waals surface area (Å²) in [5.41, 5.74) is 11.3. The van der Waals surface area contributed by atoms with Crippen LogP contribution in [0.4, 0.5) is 15.9 Å². The van der Waals surface area contributed by atoms with Crippen molar-refractivity contribution in [3.63, 3.8) is 0 Å². The van der Waals surface area contributed by atoms with Crippen molar-refractivity contribution in [2.24, 2.45) is 0 Å². The van der Waals surface area contributed by atoms with Crippen molar-refractivity contribution in [1.29, 1.82) is 5.26 Å². The lowest BCUT2D eigenvalue weighted by Gasteiger charge is -2.24. The Morgan fingerprint density at radius 2 is 1.90 bits per heavy atom. The summed E-state index contributed by atoms with van der Waals surface area (Å²) in [4.78, 5) is 11.9. The van der Waals surface area contributed by atoms with E-state index in [2.05, 4.69) is 51.0 Å². The minimum atomic E-state index is -0.609. The summed E-state index contributed by atoms with van der Waals surface area (Å²) >= 11 is 0. The normalized spacial score (nSPS) is 17.2. The van der Waals surface area contributed by atoms with Crippen molar-refractivity contribution in [3.8, 4) is 6.07 Å². The molecule has 1 aromatic carbocycles. The number of anilines is 2. The van der Waals surface area contributed by atoms with Crippen LogP contribution in [0.1, 0.15) is 106 Å². The highest BCUT2D eigenvalue weighted by Gasteiger charge is 2.20. The van der Waals surface area contributed by atoms with Crippen molar-refractivity contribution in [2.75, 3.05) is 37.9 Å². The van der Waals surface area contributed by atoms with Gasteiger partial charge in [0.2, 0.25) is 0 Å². The van der Waals surface area contributed by atoms with E-state index in [1.165, 1.54) is 12.8 Å². The largest absolute Gasteiger partial charge is 0.398 e. The second-order valence-electron chi connectivity index (χ2n) is 10.8. The smallest absolute Gasteiger partial charge is 0.137 e. The molecule has 2 atom stereocenters. The summed E-state index contributed by atoms with van der Waals surface area (Å²) in [5.74, 6) is 1.73. The molecule has 0 spiro atoms. The average molecular weight is 555 g/mol. The van der Waals surface area contributed by atoms with Crippen LogP contribution in [-0.2, 0) is 30.6 Å². The Hall–Kier alpha value is -2.76.